The first-order valence-corrected chi connectivity index (χ1v) is 4.31. The van der Waals surface area contributed by atoms with Gasteiger partial charge in [-0.25, -0.2) is 4.98 Å². The lowest BCUT2D eigenvalue weighted by atomic mass is 9.70. The maximum Gasteiger partial charge on any atom is 0.200 e. The Kier molecular flexibility index (Phi) is 1.68. The van der Waals surface area contributed by atoms with Crippen LogP contribution in [0.4, 0.5) is 0 Å². The maximum absolute atomic E-state index is 8.77. The molecule has 1 aromatic rings. The van der Waals surface area contributed by atoms with E-state index in [4.69, 9.17) is 9.52 Å². The lowest BCUT2D eigenvalue weighted by Gasteiger charge is -2.34. The van der Waals surface area contributed by atoms with Crippen molar-refractivity contribution in [2.24, 2.45) is 0 Å². The van der Waals surface area contributed by atoms with Crippen molar-refractivity contribution in [3.63, 3.8) is 0 Å². The molecular formula is C9H13NO2. The summed E-state index contributed by atoms with van der Waals surface area (Å²) in [6.45, 7) is 2.10. The highest BCUT2D eigenvalue weighted by Crippen LogP contribution is 2.42. The number of hydrogen-bond donors (Lipinski definition) is 1. The molecular weight excluding hydrogens is 154 g/mol. The van der Waals surface area contributed by atoms with Crippen LogP contribution in [0.2, 0.25) is 0 Å². The standard InChI is InChI=1S/C9H13NO2/c1-9(3-2-4-9)8-10-5-7(6-11)12-8/h5,11H,2-4,6H2,1H3. The van der Waals surface area contributed by atoms with Crippen molar-refractivity contribution in [2.75, 3.05) is 0 Å². The minimum atomic E-state index is -0.0525. The molecule has 0 atom stereocenters. The molecule has 0 saturated heterocycles. The molecule has 0 aliphatic heterocycles. The molecule has 1 N–H and O–H groups in total. The molecule has 1 heterocycles. The van der Waals surface area contributed by atoms with Crippen LogP contribution in [0.25, 0.3) is 0 Å². The summed E-state index contributed by atoms with van der Waals surface area (Å²) >= 11 is 0. The largest absolute Gasteiger partial charge is 0.443 e. The van der Waals surface area contributed by atoms with Gasteiger partial charge in [0, 0.05) is 5.41 Å². The molecule has 12 heavy (non-hydrogen) atoms. The highest BCUT2D eigenvalue weighted by molar-refractivity contribution is 5.09. The second-order valence-corrected chi connectivity index (χ2v) is 3.70. The van der Waals surface area contributed by atoms with Crippen LogP contribution in [0.5, 0.6) is 0 Å². The van der Waals surface area contributed by atoms with Crippen molar-refractivity contribution in [3.05, 3.63) is 17.8 Å². The third kappa shape index (κ3) is 1.05. The molecule has 1 aliphatic carbocycles. The van der Waals surface area contributed by atoms with E-state index in [0.717, 1.165) is 18.7 Å². The van der Waals surface area contributed by atoms with E-state index < -0.39 is 0 Å². The minimum Gasteiger partial charge on any atom is -0.443 e. The summed E-state index contributed by atoms with van der Waals surface area (Å²) in [5, 5.41) is 8.77. The number of aliphatic hydroxyl groups is 1. The first-order valence-electron chi connectivity index (χ1n) is 4.31. The van der Waals surface area contributed by atoms with Gasteiger partial charge >= 0.3 is 0 Å². The van der Waals surface area contributed by atoms with Crippen LogP contribution in [-0.4, -0.2) is 10.1 Å². The Bertz CT molecular complexity index is 276. The lowest BCUT2D eigenvalue weighted by Crippen LogP contribution is -2.30. The van der Waals surface area contributed by atoms with E-state index in [0.29, 0.717) is 5.76 Å². The molecule has 0 spiro atoms. The molecule has 0 aromatic carbocycles. The third-order valence-electron chi connectivity index (χ3n) is 2.68. The van der Waals surface area contributed by atoms with Gasteiger partial charge in [-0.1, -0.05) is 13.3 Å². The molecule has 3 heteroatoms. The van der Waals surface area contributed by atoms with Gasteiger partial charge in [-0.2, -0.15) is 0 Å². The van der Waals surface area contributed by atoms with E-state index in [1.54, 1.807) is 6.20 Å². The Morgan fingerprint density at radius 2 is 2.42 bits per heavy atom. The van der Waals surface area contributed by atoms with Crippen LogP contribution >= 0.6 is 0 Å². The van der Waals surface area contributed by atoms with Crippen molar-refractivity contribution in [1.29, 1.82) is 0 Å². The molecule has 1 saturated carbocycles. The molecule has 2 rings (SSSR count). The topological polar surface area (TPSA) is 46.3 Å². The number of aromatic nitrogens is 1. The minimum absolute atomic E-state index is 0.0525. The molecule has 1 aliphatic rings. The summed E-state index contributed by atoms with van der Waals surface area (Å²) in [4.78, 5) is 4.15. The fourth-order valence-corrected chi connectivity index (χ4v) is 1.58. The zero-order valence-corrected chi connectivity index (χ0v) is 7.21. The molecule has 0 bridgehead atoms. The van der Waals surface area contributed by atoms with Crippen LogP contribution in [0.15, 0.2) is 10.6 Å². The van der Waals surface area contributed by atoms with E-state index in [2.05, 4.69) is 11.9 Å². The second kappa shape index (κ2) is 2.59. The van der Waals surface area contributed by atoms with Crippen LogP contribution in [0, 0.1) is 0 Å². The summed E-state index contributed by atoms with van der Waals surface area (Å²) in [6.07, 6.45) is 5.17. The Labute approximate surface area is 71.4 Å². The summed E-state index contributed by atoms with van der Waals surface area (Å²) in [6, 6.07) is 0. The summed E-state index contributed by atoms with van der Waals surface area (Å²) < 4.78 is 5.38. The predicted molar refractivity (Wildman–Crippen MR) is 43.6 cm³/mol. The van der Waals surface area contributed by atoms with Gasteiger partial charge in [0.1, 0.15) is 12.4 Å². The van der Waals surface area contributed by atoms with Gasteiger partial charge in [-0.05, 0) is 12.8 Å². The Balaban J connectivity index is 2.22. The third-order valence-corrected chi connectivity index (χ3v) is 2.68. The van der Waals surface area contributed by atoms with Gasteiger partial charge in [0.15, 0.2) is 5.89 Å². The molecule has 1 fully saturated rings. The van der Waals surface area contributed by atoms with Gasteiger partial charge in [0.2, 0.25) is 0 Å². The fourth-order valence-electron chi connectivity index (χ4n) is 1.58. The second-order valence-electron chi connectivity index (χ2n) is 3.70. The molecule has 0 amide bonds. The van der Waals surface area contributed by atoms with Gasteiger partial charge in [-0.15, -0.1) is 0 Å². The number of oxazole rings is 1. The van der Waals surface area contributed by atoms with E-state index in [-0.39, 0.29) is 12.0 Å². The molecule has 66 valence electrons. The van der Waals surface area contributed by atoms with Gasteiger partial charge in [0.25, 0.3) is 0 Å². The van der Waals surface area contributed by atoms with Crippen molar-refractivity contribution >= 4 is 0 Å². The van der Waals surface area contributed by atoms with Crippen LogP contribution in [0.1, 0.15) is 37.8 Å². The van der Waals surface area contributed by atoms with Crippen LogP contribution in [-0.2, 0) is 12.0 Å². The van der Waals surface area contributed by atoms with E-state index in [9.17, 15) is 0 Å². The monoisotopic (exact) mass is 167 g/mol. The highest BCUT2D eigenvalue weighted by atomic mass is 16.4. The Hall–Kier alpha value is -0.830. The number of aliphatic hydroxyl groups excluding tert-OH is 1. The molecule has 0 unspecified atom stereocenters. The van der Waals surface area contributed by atoms with Crippen LogP contribution < -0.4 is 0 Å². The lowest BCUT2D eigenvalue weighted by molar-refractivity contribution is 0.191. The van der Waals surface area contributed by atoms with E-state index in [1.165, 1.54) is 6.42 Å². The van der Waals surface area contributed by atoms with E-state index >= 15 is 0 Å². The van der Waals surface area contributed by atoms with Crippen molar-refractivity contribution in [1.82, 2.24) is 4.98 Å². The number of nitrogens with zero attached hydrogens (tertiary/aromatic N) is 1. The normalized spacial score (nSPS) is 20.5. The number of rotatable bonds is 2. The molecule has 1 aromatic heterocycles. The zero-order valence-electron chi connectivity index (χ0n) is 7.21. The first-order chi connectivity index (χ1) is 5.74. The summed E-state index contributed by atoms with van der Waals surface area (Å²) in [5.41, 5.74) is 0.146. The van der Waals surface area contributed by atoms with Crippen molar-refractivity contribution in [2.45, 2.75) is 38.2 Å². The molecule has 0 radical (unpaired) electrons. The molecule has 3 nitrogen and oxygen atoms in total. The Morgan fingerprint density at radius 3 is 2.83 bits per heavy atom. The van der Waals surface area contributed by atoms with Crippen molar-refractivity contribution in [3.8, 4) is 0 Å². The fraction of sp³-hybridized carbons (Fsp3) is 0.667. The van der Waals surface area contributed by atoms with Gasteiger partial charge < -0.3 is 9.52 Å². The first kappa shape index (κ1) is 7.80. The Morgan fingerprint density at radius 1 is 1.67 bits per heavy atom. The number of hydrogen-bond acceptors (Lipinski definition) is 3. The van der Waals surface area contributed by atoms with E-state index in [1.807, 2.05) is 0 Å². The van der Waals surface area contributed by atoms with Crippen molar-refractivity contribution < 1.29 is 9.52 Å². The average Bonchev–Trinajstić information content (AvgIpc) is 2.48. The van der Waals surface area contributed by atoms with Gasteiger partial charge in [-0.3, -0.25) is 0 Å². The smallest absolute Gasteiger partial charge is 0.200 e. The summed E-state index contributed by atoms with van der Waals surface area (Å²) in [7, 11) is 0. The average molecular weight is 167 g/mol. The quantitative estimate of drug-likeness (QED) is 0.727. The van der Waals surface area contributed by atoms with Crippen LogP contribution in [0.3, 0.4) is 0 Å². The maximum atomic E-state index is 8.77. The predicted octanol–water partition coefficient (Wildman–Crippen LogP) is 1.61. The summed E-state index contributed by atoms with van der Waals surface area (Å²) in [5.74, 6) is 1.36. The zero-order chi connectivity index (χ0) is 8.60. The SMILES string of the molecule is CC1(c2ncc(CO)o2)CCC1. The highest BCUT2D eigenvalue weighted by Gasteiger charge is 2.37. The van der Waals surface area contributed by atoms with Gasteiger partial charge in [0.05, 0.1) is 6.20 Å².